The van der Waals surface area contributed by atoms with E-state index in [4.69, 9.17) is 9.15 Å². The minimum atomic E-state index is -0.681. The SMILES string of the molecule is C[C@H](Oc1ccc(F)cc1)C(=O)NC[C@@H](c1ccco1)N(C)C. The summed E-state index contributed by atoms with van der Waals surface area (Å²) in [5, 5.41) is 2.84. The summed E-state index contributed by atoms with van der Waals surface area (Å²) in [7, 11) is 3.83. The van der Waals surface area contributed by atoms with Crippen molar-refractivity contribution < 1.29 is 18.3 Å². The van der Waals surface area contributed by atoms with Crippen LogP contribution in [0.5, 0.6) is 5.75 Å². The molecule has 1 heterocycles. The number of likely N-dealkylation sites (N-methyl/N-ethyl adjacent to an activating group) is 1. The van der Waals surface area contributed by atoms with E-state index in [-0.39, 0.29) is 17.8 Å². The largest absolute Gasteiger partial charge is 0.481 e. The molecule has 6 heteroatoms. The number of carbonyl (C=O) groups excluding carboxylic acids is 1. The third-order valence-electron chi connectivity index (χ3n) is 3.46. The average Bonchev–Trinajstić information content (AvgIpc) is 3.03. The van der Waals surface area contributed by atoms with Crippen LogP contribution in [0.4, 0.5) is 4.39 Å². The van der Waals surface area contributed by atoms with Crippen LogP contribution in [0.25, 0.3) is 0 Å². The zero-order valence-electron chi connectivity index (χ0n) is 13.5. The molecule has 23 heavy (non-hydrogen) atoms. The van der Waals surface area contributed by atoms with E-state index in [2.05, 4.69) is 5.32 Å². The molecule has 0 aliphatic rings. The molecule has 1 N–H and O–H groups in total. The number of amides is 1. The first-order valence-electron chi connectivity index (χ1n) is 7.37. The van der Waals surface area contributed by atoms with Gasteiger partial charge in [-0.1, -0.05) is 0 Å². The van der Waals surface area contributed by atoms with Crippen molar-refractivity contribution in [2.45, 2.75) is 19.1 Å². The average molecular weight is 320 g/mol. The summed E-state index contributed by atoms with van der Waals surface area (Å²) >= 11 is 0. The van der Waals surface area contributed by atoms with E-state index in [9.17, 15) is 9.18 Å². The standard InChI is InChI=1S/C17H21FN2O3/c1-12(23-14-8-6-13(18)7-9-14)17(21)19-11-15(20(2)3)16-5-4-10-22-16/h4-10,12,15H,11H2,1-3H3,(H,19,21)/t12-,15-/m0/s1. The van der Waals surface area contributed by atoms with Crippen molar-refractivity contribution in [3.8, 4) is 5.75 Å². The monoisotopic (exact) mass is 320 g/mol. The smallest absolute Gasteiger partial charge is 0.260 e. The number of carbonyl (C=O) groups is 1. The van der Waals surface area contributed by atoms with E-state index in [1.165, 1.54) is 24.3 Å². The second kappa shape index (κ2) is 7.78. The second-order valence-corrected chi connectivity index (χ2v) is 5.45. The second-order valence-electron chi connectivity index (χ2n) is 5.45. The molecule has 1 aromatic carbocycles. The van der Waals surface area contributed by atoms with E-state index >= 15 is 0 Å². The number of hydrogen-bond donors (Lipinski definition) is 1. The fourth-order valence-corrected chi connectivity index (χ4v) is 2.13. The van der Waals surface area contributed by atoms with Gasteiger partial charge >= 0.3 is 0 Å². The number of ether oxygens (including phenoxy) is 1. The number of furan rings is 1. The molecule has 5 nitrogen and oxygen atoms in total. The Bertz CT molecular complexity index is 611. The first-order valence-corrected chi connectivity index (χ1v) is 7.37. The molecule has 0 unspecified atom stereocenters. The predicted octanol–water partition coefficient (Wildman–Crippen LogP) is 2.61. The lowest BCUT2D eigenvalue weighted by Gasteiger charge is -2.23. The summed E-state index contributed by atoms with van der Waals surface area (Å²) in [5.74, 6) is 0.640. The molecule has 0 aliphatic heterocycles. The molecule has 0 radical (unpaired) electrons. The molecule has 0 aliphatic carbocycles. The molecule has 0 bridgehead atoms. The molecular formula is C17H21FN2O3. The Morgan fingerprint density at radius 1 is 1.30 bits per heavy atom. The van der Waals surface area contributed by atoms with E-state index in [0.717, 1.165) is 5.76 Å². The molecule has 0 saturated carbocycles. The summed E-state index contributed by atoms with van der Waals surface area (Å²) in [6, 6.07) is 9.18. The first kappa shape index (κ1) is 17.0. The summed E-state index contributed by atoms with van der Waals surface area (Å²) in [5.41, 5.74) is 0. The molecule has 2 aromatic rings. The number of benzene rings is 1. The van der Waals surface area contributed by atoms with Crippen LogP contribution in [0.1, 0.15) is 18.7 Å². The Morgan fingerprint density at radius 3 is 2.57 bits per heavy atom. The van der Waals surface area contributed by atoms with Crippen LogP contribution >= 0.6 is 0 Å². The third-order valence-corrected chi connectivity index (χ3v) is 3.46. The predicted molar refractivity (Wildman–Crippen MR) is 84.6 cm³/mol. The van der Waals surface area contributed by atoms with Gasteiger partial charge in [-0.3, -0.25) is 9.69 Å². The number of nitrogens with one attached hydrogen (secondary N) is 1. The molecule has 2 atom stereocenters. The van der Waals surface area contributed by atoms with Crippen molar-refractivity contribution in [3.05, 3.63) is 54.2 Å². The van der Waals surface area contributed by atoms with Crippen molar-refractivity contribution in [2.24, 2.45) is 0 Å². The van der Waals surface area contributed by atoms with Gasteiger partial charge in [0.15, 0.2) is 6.10 Å². The van der Waals surface area contributed by atoms with E-state index in [1.807, 2.05) is 31.1 Å². The molecule has 1 amide bonds. The highest BCUT2D eigenvalue weighted by molar-refractivity contribution is 5.80. The van der Waals surface area contributed by atoms with Gasteiger partial charge in [-0.2, -0.15) is 0 Å². The summed E-state index contributed by atoms with van der Waals surface area (Å²) < 4.78 is 23.7. The van der Waals surface area contributed by atoms with Gasteiger partial charge in [0.25, 0.3) is 5.91 Å². The third kappa shape index (κ3) is 4.82. The fourth-order valence-electron chi connectivity index (χ4n) is 2.13. The lowest BCUT2D eigenvalue weighted by Crippen LogP contribution is -2.40. The van der Waals surface area contributed by atoms with Gasteiger partial charge in [0.1, 0.15) is 17.3 Å². The lowest BCUT2D eigenvalue weighted by atomic mass is 10.2. The zero-order chi connectivity index (χ0) is 16.8. The number of halogens is 1. The highest BCUT2D eigenvalue weighted by Crippen LogP contribution is 2.18. The Morgan fingerprint density at radius 2 is 2.00 bits per heavy atom. The van der Waals surface area contributed by atoms with Crippen LogP contribution in [0.3, 0.4) is 0 Å². The van der Waals surface area contributed by atoms with Gasteiger partial charge in [0, 0.05) is 6.54 Å². The molecule has 0 spiro atoms. The van der Waals surface area contributed by atoms with Crippen LogP contribution in [0.2, 0.25) is 0 Å². The fraction of sp³-hybridized carbons (Fsp3) is 0.353. The summed E-state index contributed by atoms with van der Waals surface area (Å²) in [6.45, 7) is 2.05. The van der Waals surface area contributed by atoms with E-state index in [0.29, 0.717) is 12.3 Å². The minimum absolute atomic E-state index is 0.0630. The Labute approximate surface area is 135 Å². The molecule has 0 saturated heterocycles. The zero-order valence-corrected chi connectivity index (χ0v) is 13.5. The van der Waals surface area contributed by atoms with Crippen molar-refractivity contribution in [2.75, 3.05) is 20.6 Å². The van der Waals surface area contributed by atoms with Gasteiger partial charge in [0.05, 0.1) is 12.3 Å². The maximum absolute atomic E-state index is 12.9. The van der Waals surface area contributed by atoms with Crippen molar-refractivity contribution in [1.82, 2.24) is 10.2 Å². The number of rotatable bonds is 7. The lowest BCUT2D eigenvalue weighted by molar-refractivity contribution is -0.127. The number of hydrogen-bond acceptors (Lipinski definition) is 4. The molecule has 2 rings (SSSR count). The van der Waals surface area contributed by atoms with Crippen molar-refractivity contribution in [1.29, 1.82) is 0 Å². The van der Waals surface area contributed by atoms with Crippen LogP contribution in [-0.4, -0.2) is 37.6 Å². The van der Waals surface area contributed by atoms with Crippen LogP contribution in [-0.2, 0) is 4.79 Å². The summed E-state index contributed by atoms with van der Waals surface area (Å²) in [4.78, 5) is 14.1. The van der Waals surface area contributed by atoms with Crippen molar-refractivity contribution >= 4 is 5.91 Å². The Hall–Kier alpha value is -2.34. The number of nitrogens with zero attached hydrogens (tertiary/aromatic N) is 1. The molecule has 124 valence electrons. The van der Waals surface area contributed by atoms with Gasteiger partial charge < -0.3 is 14.5 Å². The Balaban J connectivity index is 1.88. The molecular weight excluding hydrogens is 299 g/mol. The Kier molecular flexibility index (Phi) is 5.76. The molecule has 0 fully saturated rings. The quantitative estimate of drug-likeness (QED) is 0.852. The van der Waals surface area contributed by atoms with Crippen LogP contribution in [0, 0.1) is 5.82 Å². The molecule has 1 aromatic heterocycles. The highest BCUT2D eigenvalue weighted by Gasteiger charge is 2.20. The highest BCUT2D eigenvalue weighted by atomic mass is 19.1. The van der Waals surface area contributed by atoms with E-state index < -0.39 is 6.10 Å². The minimum Gasteiger partial charge on any atom is -0.481 e. The first-order chi connectivity index (χ1) is 11.0. The maximum Gasteiger partial charge on any atom is 0.260 e. The topological polar surface area (TPSA) is 54.7 Å². The maximum atomic E-state index is 12.9. The van der Waals surface area contributed by atoms with Gasteiger partial charge in [-0.05, 0) is 57.4 Å². The normalized spacial score (nSPS) is 13.6. The summed E-state index contributed by atoms with van der Waals surface area (Å²) in [6.07, 6.45) is 0.924. The van der Waals surface area contributed by atoms with Crippen LogP contribution in [0.15, 0.2) is 47.1 Å². The van der Waals surface area contributed by atoms with Gasteiger partial charge in [-0.25, -0.2) is 4.39 Å². The van der Waals surface area contributed by atoms with Gasteiger partial charge in [-0.15, -0.1) is 0 Å². The van der Waals surface area contributed by atoms with Crippen LogP contribution < -0.4 is 10.1 Å². The van der Waals surface area contributed by atoms with Gasteiger partial charge in [0.2, 0.25) is 0 Å². The van der Waals surface area contributed by atoms with Crippen molar-refractivity contribution in [3.63, 3.8) is 0 Å². The van der Waals surface area contributed by atoms with E-state index in [1.54, 1.807) is 13.2 Å².